The highest BCUT2D eigenvalue weighted by molar-refractivity contribution is 4.98. The van der Waals surface area contributed by atoms with Gasteiger partial charge in [-0.05, 0) is 51.9 Å². The van der Waals surface area contributed by atoms with E-state index in [4.69, 9.17) is 4.42 Å². The minimum absolute atomic E-state index is 0.717. The van der Waals surface area contributed by atoms with Crippen molar-refractivity contribution in [3.8, 4) is 0 Å². The molecule has 1 fully saturated rings. The van der Waals surface area contributed by atoms with Gasteiger partial charge in [-0.25, -0.2) is 0 Å². The van der Waals surface area contributed by atoms with Crippen molar-refractivity contribution in [3.63, 3.8) is 0 Å². The average molecular weight is 222 g/mol. The van der Waals surface area contributed by atoms with E-state index in [-0.39, 0.29) is 0 Å². The lowest BCUT2D eigenvalue weighted by molar-refractivity contribution is 0.160. The third-order valence-electron chi connectivity index (χ3n) is 3.71. The molecule has 1 aliphatic rings. The van der Waals surface area contributed by atoms with Crippen molar-refractivity contribution < 1.29 is 4.42 Å². The van der Waals surface area contributed by atoms with E-state index >= 15 is 0 Å². The van der Waals surface area contributed by atoms with Crippen molar-refractivity contribution in [2.24, 2.45) is 0 Å². The van der Waals surface area contributed by atoms with Crippen LogP contribution >= 0.6 is 0 Å². The zero-order chi connectivity index (χ0) is 11.4. The number of rotatable bonds is 4. The molecule has 3 nitrogen and oxygen atoms in total. The van der Waals surface area contributed by atoms with Crippen LogP contribution < -0.4 is 5.32 Å². The molecule has 0 aliphatic heterocycles. The summed E-state index contributed by atoms with van der Waals surface area (Å²) in [7, 11) is 4.27. The topological polar surface area (TPSA) is 28.4 Å². The summed E-state index contributed by atoms with van der Waals surface area (Å²) in [6.07, 6.45) is 6.93. The van der Waals surface area contributed by atoms with Crippen LogP contribution in [0.4, 0.5) is 0 Å². The van der Waals surface area contributed by atoms with Crippen LogP contribution in [0.2, 0.25) is 0 Å². The Bertz CT molecular complexity index is 289. The number of nitrogens with zero attached hydrogens (tertiary/aromatic N) is 1. The van der Waals surface area contributed by atoms with Crippen molar-refractivity contribution in [2.45, 2.75) is 44.3 Å². The second-order valence-corrected chi connectivity index (χ2v) is 4.79. The lowest BCUT2D eigenvalue weighted by Crippen LogP contribution is -2.39. The molecular formula is C13H22N2O. The van der Waals surface area contributed by atoms with E-state index in [2.05, 4.69) is 30.4 Å². The largest absolute Gasteiger partial charge is 0.468 e. The molecule has 1 aromatic heterocycles. The maximum absolute atomic E-state index is 5.38. The monoisotopic (exact) mass is 222 g/mol. The lowest BCUT2D eigenvalue weighted by atomic mass is 9.90. The molecule has 16 heavy (non-hydrogen) atoms. The van der Waals surface area contributed by atoms with Crippen molar-refractivity contribution in [2.75, 3.05) is 14.1 Å². The molecule has 0 aromatic carbocycles. The van der Waals surface area contributed by atoms with E-state index in [9.17, 15) is 0 Å². The molecular weight excluding hydrogens is 200 g/mol. The third kappa shape index (κ3) is 2.86. The summed E-state index contributed by atoms with van der Waals surface area (Å²) in [6, 6.07) is 5.46. The van der Waals surface area contributed by atoms with E-state index in [1.807, 2.05) is 6.07 Å². The summed E-state index contributed by atoms with van der Waals surface area (Å²) in [5.74, 6) is 1.07. The summed E-state index contributed by atoms with van der Waals surface area (Å²) >= 11 is 0. The Morgan fingerprint density at radius 3 is 2.69 bits per heavy atom. The number of hydrogen-bond acceptors (Lipinski definition) is 3. The Balaban J connectivity index is 1.80. The molecule has 2 rings (SSSR count). The molecule has 1 saturated carbocycles. The Labute approximate surface area is 97.8 Å². The van der Waals surface area contributed by atoms with E-state index in [1.54, 1.807) is 6.26 Å². The molecule has 1 heterocycles. The summed E-state index contributed by atoms with van der Waals surface area (Å²) < 4.78 is 5.38. The highest BCUT2D eigenvalue weighted by atomic mass is 16.3. The molecule has 1 aromatic rings. The van der Waals surface area contributed by atoms with Gasteiger partial charge in [0.2, 0.25) is 0 Å². The first-order chi connectivity index (χ1) is 7.79. The van der Waals surface area contributed by atoms with Crippen molar-refractivity contribution in [3.05, 3.63) is 24.2 Å². The number of furan rings is 1. The van der Waals surface area contributed by atoms with E-state index in [0.29, 0.717) is 0 Å². The SMILES string of the molecule is CNC1CCC(N(C)Cc2ccco2)CC1. The van der Waals surface area contributed by atoms with Crippen molar-refractivity contribution in [1.29, 1.82) is 0 Å². The fourth-order valence-electron chi connectivity index (χ4n) is 2.58. The van der Waals surface area contributed by atoms with Crippen LogP contribution in [-0.2, 0) is 6.54 Å². The fraction of sp³-hybridized carbons (Fsp3) is 0.692. The minimum Gasteiger partial charge on any atom is -0.468 e. The van der Waals surface area contributed by atoms with Gasteiger partial charge >= 0.3 is 0 Å². The van der Waals surface area contributed by atoms with Gasteiger partial charge in [-0.1, -0.05) is 0 Å². The molecule has 0 radical (unpaired) electrons. The molecule has 0 saturated heterocycles. The van der Waals surface area contributed by atoms with Gasteiger partial charge in [-0.15, -0.1) is 0 Å². The minimum atomic E-state index is 0.717. The Morgan fingerprint density at radius 1 is 1.38 bits per heavy atom. The van der Waals surface area contributed by atoms with Crippen LogP contribution in [0.15, 0.2) is 22.8 Å². The van der Waals surface area contributed by atoms with Crippen LogP contribution in [0.1, 0.15) is 31.4 Å². The molecule has 3 heteroatoms. The average Bonchev–Trinajstić information content (AvgIpc) is 2.82. The maximum atomic E-state index is 5.38. The van der Waals surface area contributed by atoms with E-state index < -0.39 is 0 Å². The molecule has 1 N–H and O–H groups in total. The molecule has 0 bridgehead atoms. The first-order valence-corrected chi connectivity index (χ1v) is 6.19. The van der Waals surface area contributed by atoms with Crippen LogP contribution in [0.3, 0.4) is 0 Å². The number of nitrogens with one attached hydrogen (secondary N) is 1. The first kappa shape index (κ1) is 11.7. The Kier molecular flexibility index (Phi) is 4.02. The van der Waals surface area contributed by atoms with Gasteiger partial charge in [0, 0.05) is 12.1 Å². The predicted octanol–water partition coefficient (Wildman–Crippen LogP) is 2.24. The quantitative estimate of drug-likeness (QED) is 0.847. The zero-order valence-corrected chi connectivity index (χ0v) is 10.3. The summed E-state index contributed by atoms with van der Waals surface area (Å²) in [6.45, 7) is 0.932. The molecule has 1 aliphatic carbocycles. The standard InChI is InChI=1S/C13H22N2O/c1-14-11-5-7-12(8-6-11)15(2)10-13-4-3-9-16-13/h3-4,9,11-12,14H,5-8,10H2,1-2H3. The van der Waals surface area contributed by atoms with Gasteiger partial charge in [0.25, 0.3) is 0 Å². The van der Waals surface area contributed by atoms with Crippen molar-refractivity contribution >= 4 is 0 Å². The van der Waals surface area contributed by atoms with Gasteiger partial charge in [-0.2, -0.15) is 0 Å². The van der Waals surface area contributed by atoms with Gasteiger partial charge in [0.1, 0.15) is 5.76 Å². The van der Waals surface area contributed by atoms with Gasteiger partial charge < -0.3 is 9.73 Å². The van der Waals surface area contributed by atoms with Gasteiger partial charge in [0.05, 0.1) is 12.8 Å². The van der Waals surface area contributed by atoms with Gasteiger partial charge in [-0.3, -0.25) is 4.90 Å². The highest BCUT2D eigenvalue weighted by Gasteiger charge is 2.23. The predicted molar refractivity (Wildman–Crippen MR) is 65.3 cm³/mol. The molecule has 90 valence electrons. The number of hydrogen-bond donors (Lipinski definition) is 1. The molecule has 0 amide bonds. The Morgan fingerprint density at radius 2 is 2.12 bits per heavy atom. The summed E-state index contributed by atoms with van der Waals surface area (Å²) in [5, 5.41) is 3.37. The normalized spacial score (nSPS) is 26.2. The lowest BCUT2D eigenvalue weighted by Gasteiger charge is -2.34. The molecule has 0 unspecified atom stereocenters. The van der Waals surface area contributed by atoms with Crippen LogP contribution in [0.25, 0.3) is 0 Å². The van der Waals surface area contributed by atoms with Crippen molar-refractivity contribution in [1.82, 2.24) is 10.2 Å². The molecule has 0 spiro atoms. The molecule has 0 atom stereocenters. The highest BCUT2D eigenvalue weighted by Crippen LogP contribution is 2.23. The van der Waals surface area contributed by atoms with Crippen LogP contribution in [0.5, 0.6) is 0 Å². The van der Waals surface area contributed by atoms with Crippen LogP contribution in [-0.4, -0.2) is 31.1 Å². The summed E-state index contributed by atoms with van der Waals surface area (Å²) in [4.78, 5) is 2.42. The summed E-state index contributed by atoms with van der Waals surface area (Å²) in [5.41, 5.74) is 0. The second kappa shape index (κ2) is 5.51. The first-order valence-electron chi connectivity index (χ1n) is 6.19. The maximum Gasteiger partial charge on any atom is 0.117 e. The van der Waals surface area contributed by atoms with Crippen LogP contribution in [0, 0.1) is 0 Å². The van der Waals surface area contributed by atoms with E-state index in [1.165, 1.54) is 25.7 Å². The zero-order valence-electron chi connectivity index (χ0n) is 10.3. The van der Waals surface area contributed by atoms with Gasteiger partial charge in [0.15, 0.2) is 0 Å². The third-order valence-corrected chi connectivity index (χ3v) is 3.71. The van der Waals surface area contributed by atoms with E-state index in [0.717, 1.165) is 24.4 Å². The second-order valence-electron chi connectivity index (χ2n) is 4.79. The fourth-order valence-corrected chi connectivity index (χ4v) is 2.58. The smallest absolute Gasteiger partial charge is 0.117 e. The Hall–Kier alpha value is -0.800.